The fraction of sp³-hybridized carbons (Fsp3) is 0.235. The van der Waals surface area contributed by atoms with Gasteiger partial charge in [-0.25, -0.2) is 4.39 Å². The van der Waals surface area contributed by atoms with Crippen LogP contribution < -0.4 is 10.6 Å². The maximum Gasteiger partial charge on any atom is 0.191 e. The van der Waals surface area contributed by atoms with Crippen LogP contribution >= 0.6 is 11.6 Å². The second-order valence-corrected chi connectivity index (χ2v) is 5.26. The summed E-state index contributed by atoms with van der Waals surface area (Å²) in [6.45, 7) is 1.26. The topological polar surface area (TPSA) is 36.4 Å². The molecule has 0 amide bonds. The van der Waals surface area contributed by atoms with Gasteiger partial charge < -0.3 is 10.6 Å². The summed E-state index contributed by atoms with van der Waals surface area (Å²) in [6.07, 6.45) is 0.605. The molecule has 2 N–H and O–H groups in total. The van der Waals surface area contributed by atoms with E-state index < -0.39 is 0 Å². The Bertz CT molecular complexity index is 626. The Kier molecular flexibility index (Phi) is 6.22. The summed E-state index contributed by atoms with van der Waals surface area (Å²) in [5.41, 5.74) is 1.81. The average molecular weight is 320 g/mol. The lowest BCUT2D eigenvalue weighted by atomic mass is 10.1. The first-order valence-electron chi connectivity index (χ1n) is 7.11. The number of hydrogen-bond acceptors (Lipinski definition) is 1. The molecule has 3 nitrogen and oxygen atoms in total. The smallest absolute Gasteiger partial charge is 0.191 e. The van der Waals surface area contributed by atoms with Crippen LogP contribution in [0.1, 0.15) is 11.1 Å². The Balaban J connectivity index is 1.78. The fourth-order valence-corrected chi connectivity index (χ4v) is 2.15. The molecule has 0 aliphatic carbocycles. The molecule has 0 aliphatic heterocycles. The third kappa shape index (κ3) is 5.04. The highest BCUT2D eigenvalue weighted by Gasteiger charge is 2.02. The number of aliphatic imine (C=N–C) groups is 1. The van der Waals surface area contributed by atoms with Crippen LogP contribution in [-0.4, -0.2) is 19.6 Å². The molecule has 0 heterocycles. The van der Waals surface area contributed by atoms with Crippen LogP contribution in [0.3, 0.4) is 0 Å². The minimum atomic E-state index is -0.173. The van der Waals surface area contributed by atoms with Crippen molar-refractivity contribution in [3.63, 3.8) is 0 Å². The molecular weight excluding hydrogens is 301 g/mol. The van der Waals surface area contributed by atoms with Crippen molar-refractivity contribution in [2.45, 2.75) is 13.0 Å². The lowest BCUT2D eigenvalue weighted by Gasteiger charge is -2.12. The number of nitrogens with one attached hydrogen (secondary N) is 2. The van der Waals surface area contributed by atoms with Crippen LogP contribution in [-0.2, 0) is 13.0 Å². The van der Waals surface area contributed by atoms with Gasteiger partial charge in [0.15, 0.2) is 5.96 Å². The number of guanidine groups is 1. The van der Waals surface area contributed by atoms with Crippen molar-refractivity contribution in [3.05, 3.63) is 70.5 Å². The van der Waals surface area contributed by atoms with Crippen molar-refractivity contribution < 1.29 is 4.39 Å². The van der Waals surface area contributed by atoms with Gasteiger partial charge in [0.1, 0.15) is 5.82 Å². The molecule has 0 saturated heterocycles. The van der Waals surface area contributed by atoms with Gasteiger partial charge in [-0.15, -0.1) is 0 Å². The van der Waals surface area contributed by atoms with E-state index in [2.05, 4.69) is 15.6 Å². The number of benzene rings is 2. The molecular formula is C17H19ClFN3. The Morgan fingerprint density at radius 1 is 1.09 bits per heavy atom. The van der Waals surface area contributed by atoms with Gasteiger partial charge in [-0.3, -0.25) is 4.99 Å². The monoisotopic (exact) mass is 319 g/mol. The molecule has 2 rings (SSSR count). The van der Waals surface area contributed by atoms with Gasteiger partial charge in [0.05, 0.1) is 0 Å². The zero-order valence-corrected chi connectivity index (χ0v) is 13.2. The molecule has 2 aromatic carbocycles. The molecule has 0 spiro atoms. The molecule has 2 aromatic rings. The van der Waals surface area contributed by atoms with Crippen molar-refractivity contribution in [2.24, 2.45) is 4.99 Å². The van der Waals surface area contributed by atoms with Crippen LogP contribution in [0.4, 0.5) is 4.39 Å². The molecule has 0 fully saturated rings. The number of hydrogen-bond donors (Lipinski definition) is 2. The predicted octanol–water partition coefficient (Wildman–Crippen LogP) is 3.39. The van der Waals surface area contributed by atoms with E-state index in [1.165, 1.54) is 6.07 Å². The minimum Gasteiger partial charge on any atom is -0.356 e. The summed E-state index contributed by atoms with van der Waals surface area (Å²) in [4.78, 5) is 4.15. The van der Waals surface area contributed by atoms with E-state index in [1.807, 2.05) is 30.3 Å². The third-order valence-electron chi connectivity index (χ3n) is 3.24. The van der Waals surface area contributed by atoms with Gasteiger partial charge in [0, 0.05) is 25.2 Å². The normalized spacial score (nSPS) is 11.3. The van der Waals surface area contributed by atoms with Gasteiger partial charge in [0.25, 0.3) is 0 Å². The Morgan fingerprint density at radius 2 is 1.82 bits per heavy atom. The zero-order chi connectivity index (χ0) is 15.8. The molecule has 0 unspecified atom stereocenters. The van der Waals surface area contributed by atoms with Crippen LogP contribution in [0.5, 0.6) is 0 Å². The Morgan fingerprint density at radius 3 is 2.50 bits per heavy atom. The van der Waals surface area contributed by atoms with Crippen LogP contribution in [0.15, 0.2) is 53.5 Å². The summed E-state index contributed by atoms with van der Waals surface area (Å²) in [7, 11) is 1.71. The zero-order valence-electron chi connectivity index (χ0n) is 12.4. The van der Waals surface area contributed by atoms with Crippen LogP contribution in [0, 0.1) is 5.82 Å². The van der Waals surface area contributed by atoms with Crippen molar-refractivity contribution >= 4 is 17.6 Å². The highest BCUT2D eigenvalue weighted by atomic mass is 35.5. The average Bonchev–Trinajstić information content (AvgIpc) is 2.54. The quantitative estimate of drug-likeness (QED) is 0.654. The van der Waals surface area contributed by atoms with Crippen molar-refractivity contribution in [3.8, 4) is 0 Å². The molecule has 0 saturated carbocycles. The second kappa shape index (κ2) is 8.39. The maximum atomic E-state index is 13.5. The summed E-state index contributed by atoms with van der Waals surface area (Å²) in [6, 6.07) is 14.4. The summed E-state index contributed by atoms with van der Waals surface area (Å²) in [5.74, 6) is 0.514. The first-order valence-corrected chi connectivity index (χ1v) is 7.49. The largest absolute Gasteiger partial charge is 0.356 e. The van der Waals surface area contributed by atoms with E-state index in [-0.39, 0.29) is 5.82 Å². The Labute approximate surface area is 135 Å². The van der Waals surface area contributed by atoms with Crippen molar-refractivity contribution in [2.75, 3.05) is 13.6 Å². The minimum absolute atomic E-state index is 0.173. The third-order valence-corrected chi connectivity index (χ3v) is 3.49. The lowest BCUT2D eigenvalue weighted by Crippen LogP contribution is -2.37. The number of nitrogens with zero attached hydrogens (tertiary/aromatic N) is 1. The van der Waals surface area contributed by atoms with Crippen LogP contribution in [0.25, 0.3) is 0 Å². The van der Waals surface area contributed by atoms with Gasteiger partial charge in [-0.1, -0.05) is 41.9 Å². The predicted molar refractivity (Wildman–Crippen MR) is 89.8 cm³/mol. The Hall–Kier alpha value is -2.07. The SMILES string of the molecule is CN=C(NCCc1ccccc1F)NCc1ccc(Cl)cc1. The van der Waals surface area contributed by atoms with E-state index in [9.17, 15) is 4.39 Å². The second-order valence-electron chi connectivity index (χ2n) is 4.82. The first kappa shape index (κ1) is 16.3. The van der Waals surface area contributed by atoms with E-state index >= 15 is 0 Å². The van der Waals surface area contributed by atoms with Crippen molar-refractivity contribution in [1.82, 2.24) is 10.6 Å². The molecule has 0 atom stereocenters. The van der Waals surface area contributed by atoms with E-state index in [0.717, 1.165) is 10.6 Å². The van der Waals surface area contributed by atoms with Crippen molar-refractivity contribution in [1.29, 1.82) is 0 Å². The van der Waals surface area contributed by atoms with Gasteiger partial charge in [-0.05, 0) is 35.7 Å². The van der Waals surface area contributed by atoms with Gasteiger partial charge >= 0.3 is 0 Å². The van der Waals surface area contributed by atoms with Crippen LogP contribution in [0.2, 0.25) is 5.02 Å². The van der Waals surface area contributed by atoms with Gasteiger partial charge in [0.2, 0.25) is 0 Å². The highest BCUT2D eigenvalue weighted by molar-refractivity contribution is 6.30. The molecule has 0 bridgehead atoms. The lowest BCUT2D eigenvalue weighted by molar-refractivity contribution is 0.606. The molecule has 5 heteroatoms. The molecule has 22 heavy (non-hydrogen) atoms. The summed E-state index contributed by atoms with van der Waals surface area (Å²) < 4.78 is 13.5. The standard InChI is InChI=1S/C17H19ClFN3/c1-20-17(22-12-13-6-8-15(18)9-7-13)21-11-10-14-4-2-3-5-16(14)19/h2-9H,10-12H2,1H3,(H2,20,21,22). The van der Waals surface area contributed by atoms with E-state index in [1.54, 1.807) is 19.2 Å². The molecule has 0 aromatic heterocycles. The summed E-state index contributed by atoms with van der Waals surface area (Å²) >= 11 is 5.85. The van der Waals surface area contributed by atoms with E-state index in [4.69, 9.17) is 11.6 Å². The van der Waals surface area contributed by atoms with E-state index in [0.29, 0.717) is 31.0 Å². The number of rotatable bonds is 5. The fourth-order valence-electron chi connectivity index (χ4n) is 2.03. The first-order chi connectivity index (χ1) is 10.7. The molecule has 116 valence electrons. The maximum absolute atomic E-state index is 13.5. The number of halogens is 2. The highest BCUT2D eigenvalue weighted by Crippen LogP contribution is 2.09. The molecule has 0 radical (unpaired) electrons. The molecule has 0 aliphatic rings. The van der Waals surface area contributed by atoms with Gasteiger partial charge in [-0.2, -0.15) is 0 Å². The summed E-state index contributed by atoms with van der Waals surface area (Å²) in [5, 5.41) is 7.10.